The molecule has 2 aromatic carbocycles. The summed E-state index contributed by atoms with van der Waals surface area (Å²) in [5, 5.41) is 11.5. The fraction of sp³-hybridized carbons (Fsp3) is 0.118. The molecule has 2 aromatic rings. The van der Waals surface area contributed by atoms with Crippen molar-refractivity contribution >= 4 is 17.4 Å². The van der Waals surface area contributed by atoms with E-state index in [0.29, 0.717) is 5.69 Å². The van der Waals surface area contributed by atoms with Crippen LogP contribution in [0.5, 0.6) is 5.75 Å². The van der Waals surface area contributed by atoms with Crippen LogP contribution in [0.2, 0.25) is 0 Å². The number of nitriles is 1. The molecule has 8 heteroatoms. The predicted octanol–water partition coefficient (Wildman–Crippen LogP) is 3.55. The molecular weight excluding hydrogens is 337 g/mol. The van der Waals surface area contributed by atoms with Gasteiger partial charge in [-0.05, 0) is 36.4 Å². The van der Waals surface area contributed by atoms with E-state index >= 15 is 0 Å². The number of hydrogen-bond donors (Lipinski definition) is 1. The van der Waals surface area contributed by atoms with Crippen LogP contribution in [0.15, 0.2) is 54.6 Å². The average molecular weight is 348 g/mol. The van der Waals surface area contributed by atoms with Gasteiger partial charge in [0.25, 0.3) is 0 Å². The minimum Gasteiger partial charge on any atom is -0.406 e. The normalized spacial score (nSPS) is 11.9. The van der Waals surface area contributed by atoms with Crippen LogP contribution in [0.3, 0.4) is 0 Å². The third-order valence-electron chi connectivity index (χ3n) is 3.07. The smallest absolute Gasteiger partial charge is 0.406 e. The second kappa shape index (κ2) is 7.49. The van der Waals surface area contributed by atoms with E-state index < -0.39 is 29.7 Å². The van der Waals surface area contributed by atoms with Gasteiger partial charge in [0.2, 0.25) is 5.91 Å². The lowest BCUT2D eigenvalue weighted by Crippen LogP contribution is -2.28. The Kier molecular flexibility index (Phi) is 5.39. The zero-order valence-electron chi connectivity index (χ0n) is 12.6. The average Bonchev–Trinajstić information content (AvgIpc) is 2.55. The van der Waals surface area contributed by atoms with Gasteiger partial charge in [-0.25, -0.2) is 0 Å². The molecule has 0 fully saturated rings. The molecule has 1 N–H and O–H groups in total. The van der Waals surface area contributed by atoms with Crippen LogP contribution in [0.1, 0.15) is 10.4 Å². The van der Waals surface area contributed by atoms with E-state index in [-0.39, 0.29) is 5.56 Å². The molecule has 0 aliphatic carbocycles. The molecule has 0 bridgehead atoms. The number of benzene rings is 2. The maximum absolute atomic E-state index is 12.3. The highest BCUT2D eigenvalue weighted by atomic mass is 19.4. The number of nitrogens with zero attached hydrogens (tertiary/aromatic N) is 1. The molecule has 25 heavy (non-hydrogen) atoms. The highest BCUT2D eigenvalue weighted by molar-refractivity contribution is 6.15. The topological polar surface area (TPSA) is 79.2 Å². The molecule has 1 atom stereocenters. The first-order valence-corrected chi connectivity index (χ1v) is 6.96. The number of Topliss-reactive ketones (excluding diaryl/α,β-unsaturated/α-hetero) is 1. The molecule has 0 aliphatic heterocycles. The van der Waals surface area contributed by atoms with Gasteiger partial charge in [0.1, 0.15) is 5.75 Å². The molecule has 2 rings (SSSR count). The van der Waals surface area contributed by atoms with Crippen LogP contribution < -0.4 is 10.1 Å². The fourth-order valence-electron chi connectivity index (χ4n) is 1.96. The molecule has 1 unspecified atom stereocenters. The predicted molar refractivity (Wildman–Crippen MR) is 81.6 cm³/mol. The summed E-state index contributed by atoms with van der Waals surface area (Å²) < 4.78 is 40.0. The maximum Gasteiger partial charge on any atom is 0.573 e. The van der Waals surface area contributed by atoms with Gasteiger partial charge in [0.15, 0.2) is 11.7 Å². The molecule has 0 saturated heterocycles. The zero-order valence-corrected chi connectivity index (χ0v) is 12.6. The fourth-order valence-corrected chi connectivity index (χ4v) is 1.96. The minimum absolute atomic E-state index is 0.0794. The van der Waals surface area contributed by atoms with Gasteiger partial charge in [-0.1, -0.05) is 18.2 Å². The lowest BCUT2D eigenvalue weighted by Gasteiger charge is -2.11. The summed E-state index contributed by atoms with van der Waals surface area (Å²) in [7, 11) is 0. The molecular formula is C17H11F3N2O3. The first-order chi connectivity index (χ1) is 11.8. The van der Waals surface area contributed by atoms with E-state index in [9.17, 15) is 22.8 Å². The third-order valence-corrected chi connectivity index (χ3v) is 3.07. The number of carbonyl (C=O) groups is 2. The maximum atomic E-state index is 12.3. The number of carbonyl (C=O) groups excluding carboxylic acids is 2. The monoisotopic (exact) mass is 348 g/mol. The number of nitrogens with one attached hydrogen (secondary N) is 1. The Labute approximate surface area is 140 Å². The highest BCUT2D eigenvalue weighted by Crippen LogP contribution is 2.23. The number of alkyl halides is 3. The minimum atomic E-state index is -4.85. The van der Waals surface area contributed by atoms with E-state index in [2.05, 4.69) is 10.1 Å². The number of rotatable bonds is 5. The van der Waals surface area contributed by atoms with Crippen LogP contribution in [0.25, 0.3) is 0 Å². The van der Waals surface area contributed by atoms with Gasteiger partial charge in [0, 0.05) is 11.3 Å². The molecule has 0 aromatic heterocycles. The Morgan fingerprint density at radius 2 is 1.64 bits per heavy atom. The summed E-state index contributed by atoms with van der Waals surface area (Å²) in [5.41, 5.74) is 0.332. The molecule has 1 amide bonds. The quantitative estimate of drug-likeness (QED) is 0.662. The second-order valence-corrected chi connectivity index (χ2v) is 4.85. The Bertz CT molecular complexity index is 797. The highest BCUT2D eigenvalue weighted by Gasteiger charge is 2.31. The van der Waals surface area contributed by atoms with Crippen molar-refractivity contribution in [2.45, 2.75) is 6.36 Å². The van der Waals surface area contributed by atoms with Gasteiger partial charge in [0.05, 0.1) is 6.07 Å². The Hall–Kier alpha value is -3.34. The van der Waals surface area contributed by atoms with Crippen molar-refractivity contribution in [3.63, 3.8) is 0 Å². The van der Waals surface area contributed by atoms with Crippen LogP contribution in [-0.4, -0.2) is 18.1 Å². The van der Waals surface area contributed by atoms with Gasteiger partial charge in [-0.15, -0.1) is 13.2 Å². The van der Waals surface area contributed by atoms with Crippen LogP contribution in [-0.2, 0) is 4.79 Å². The lowest BCUT2D eigenvalue weighted by molar-refractivity contribution is -0.274. The standard InChI is InChI=1S/C17H11F3N2O3/c18-17(19,20)25-13-8-6-11(7-9-13)15(23)14(10-21)16(24)22-12-4-2-1-3-5-12/h1-9,14H,(H,22,24). The Morgan fingerprint density at radius 3 is 2.16 bits per heavy atom. The van der Waals surface area contributed by atoms with E-state index in [1.165, 1.54) is 0 Å². The number of anilines is 1. The van der Waals surface area contributed by atoms with Crippen molar-refractivity contribution < 1.29 is 27.5 Å². The van der Waals surface area contributed by atoms with E-state index in [4.69, 9.17) is 5.26 Å². The summed E-state index contributed by atoms with van der Waals surface area (Å²) in [4.78, 5) is 24.3. The van der Waals surface area contributed by atoms with E-state index in [0.717, 1.165) is 24.3 Å². The summed E-state index contributed by atoms with van der Waals surface area (Å²) in [6.07, 6.45) is -4.85. The van der Waals surface area contributed by atoms with Crippen molar-refractivity contribution in [2.75, 3.05) is 5.32 Å². The third kappa shape index (κ3) is 5.07. The molecule has 0 heterocycles. The molecule has 0 radical (unpaired) electrons. The summed E-state index contributed by atoms with van der Waals surface area (Å²) in [5.74, 6) is -3.79. The number of amides is 1. The number of hydrogen-bond acceptors (Lipinski definition) is 4. The van der Waals surface area contributed by atoms with Crippen molar-refractivity contribution in [3.8, 4) is 11.8 Å². The largest absolute Gasteiger partial charge is 0.573 e. The van der Waals surface area contributed by atoms with Crippen LogP contribution in [0.4, 0.5) is 18.9 Å². The number of ketones is 1. The van der Waals surface area contributed by atoms with Gasteiger partial charge < -0.3 is 10.1 Å². The van der Waals surface area contributed by atoms with Gasteiger partial charge in [-0.2, -0.15) is 5.26 Å². The van der Waals surface area contributed by atoms with E-state index in [1.54, 1.807) is 36.4 Å². The zero-order chi connectivity index (χ0) is 18.4. The van der Waals surface area contributed by atoms with Gasteiger partial charge in [-0.3, -0.25) is 9.59 Å². The molecule has 128 valence electrons. The van der Waals surface area contributed by atoms with Crippen LogP contribution in [0, 0.1) is 17.2 Å². The number of halogens is 3. The van der Waals surface area contributed by atoms with Gasteiger partial charge >= 0.3 is 6.36 Å². The molecule has 5 nitrogen and oxygen atoms in total. The van der Waals surface area contributed by atoms with Crippen molar-refractivity contribution in [1.29, 1.82) is 5.26 Å². The summed E-state index contributed by atoms with van der Waals surface area (Å²) >= 11 is 0. The van der Waals surface area contributed by atoms with Crippen LogP contribution >= 0.6 is 0 Å². The summed E-state index contributed by atoms with van der Waals surface area (Å²) in [6.45, 7) is 0. The summed E-state index contributed by atoms with van der Waals surface area (Å²) in [6, 6.07) is 13.8. The van der Waals surface area contributed by atoms with E-state index in [1.807, 2.05) is 0 Å². The molecule has 0 saturated carbocycles. The first kappa shape index (κ1) is 18.0. The Balaban J connectivity index is 2.11. The Morgan fingerprint density at radius 1 is 1.04 bits per heavy atom. The lowest BCUT2D eigenvalue weighted by atomic mass is 9.98. The molecule has 0 aliphatic rings. The molecule has 0 spiro atoms. The number of para-hydroxylation sites is 1. The van der Waals surface area contributed by atoms with Crippen molar-refractivity contribution in [1.82, 2.24) is 0 Å². The SMILES string of the molecule is N#CC(C(=O)Nc1ccccc1)C(=O)c1ccc(OC(F)(F)F)cc1. The van der Waals surface area contributed by atoms with Crippen molar-refractivity contribution in [3.05, 3.63) is 60.2 Å². The second-order valence-electron chi connectivity index (χ2n) is 4.85. The number of ether oxygens (including phenoxy) is 1. The van der Waals surface area contributed by atoms with Crippen molar-refractivity contribution in [2.24, 2.45) is 5.92 Å². The first-order valence-electron chi connectivity index (χ1n) is 6.96.